The van der Waals surface area contributed by atoms with Crippen LogP contribution in [0.1, 0.15) is 17.3 Å². The number of piperazine rings is 4. The lowest BCUT2D eigenvalue weighted by Gasteiger charge is -2.32. The molecule has 21 heteroatoms. The van der Waals surface area contributed by atoms with E-state index in [9.17, 15) is 9.59 Å². The van der Waals surface area contributed by atoms with Gasteiger partial charge in [-0.2, -0.15) is 0 Å². The second kappa shape index (κ2) is 32.3. The second-order valence-corrected chi connectivity index (χ2v) is 22.7. The second-order valence-electron chi connectivity index (χ2n) is 22.7. The van der Waals surface area contributed by atoms with Gasteiger partial charge >= 0.3 is 5.97 Å². The molecule has 4 aliphatic heterocycles. The van der Waals surface area contributed by atoms with Gasteiger partial charge in [-0.15, -0.1) is 0 Å². The molecule has 4 fully saturated rings. The van der Waals surface area contributed by atoms with Crippen LogP contribution in [-0.4, -0.2) is 260 Å². The van der Waals surface area contributed by atoms with Crippen LogP contribution < -0.4 is 27.2 Å². The number of ether oxygens (including phenoxy) is 1. The Balaban J connectivity index is 0.000000178. The Bertz CT molecular complexity index is 3170. The number of nitrogens with zero attached hydrogens (tertiary/aromatic N) is 14. The van der Waals surface area contributed by atoms with Crippen LogP contribution in [-0.2, 0) is 11.3 Å². The van der Waals surface area contributed by atoms with E-state index in [4.69, 9.17) is 35.4 Å². The number of hydrogen-bond donors (Lipinski definition) is 4. The highest BCUT2D eigenvalue weighted by molar-refractivity contribution is 5.89. The monoisotopic (exact) mass is 1170 g/mol. The number of rotatable bonds is 20. The number of carbonyl (C=O) groups excluding carboxylic acids is 1. The van der Waals surface area contributed by atoms with Gasteiger partial charge in [-0.25, -0.2) is 29.7 Å². The quantitative estimate of drug-likeness (QED) is 0.0713. The first-order chi connectivity index (χ1) is 42.0. The van der Waals surface area contributed by atoms with Crippen LogP contribution in [0.15, 0.2) is 126 Å². The Hall–Kier alpha value is -7.47. The number of carbonyl (C=O) groups is 1. The van der Waals surface area contributed by atoms with E-state index in [1.54, 1.807) is 19.1 Å². The van der Waals surface area contributed by atoms with Gasteiger partial charge in [0.1, 0.15) is 16.9 Å². The summed E-state index contributed by atoms with van der Waals surface area (Å²) in [5.41, 5.74) is 11.9. The predicted octanol–water partition coefficient (Wildman–Crippen LogP) is 5.33. The maximum absolute atomic E-state index is 14.1. The zero-order valence-electron chi connectivity index (χ0n) is 51.3. The first-order valence-corrected chi connectivity index (χ1v) is 30.7. The van der Waals surface area contributed by atoms with Crippen molar-refractivity contribution in [3.63, 3.8) is 0 Å². The molecule has 458 valence electrons. The van der Waals surface area contributed by atoms with Crippen molar-refractivity contribution in [1.29, 1.82) is 0 Å². The average molecular weight is 1170 g/mol. The molecule has 7 aromatic rings. The van der Waals surface area contributed by atoms with Crippen molar-refractivity contribution in [2.45, 2.75) is 13.5 Å². The first-order valence-electron chi connectivity index (χ1n) is 30.7. The Labute approximate surface area is 508 Å². The summed E-state index contributed by atoms with van der Waals surface area (Å²) in [6.07, 6.45) is 0. The molecule has 0 amide bonds. The fourth-order valence-corrected chi connectivity index (χ4v) is 10.7. The van der Waals surface area contributed by atoms with Gasteiger partial charge in [-0.1, -0.05) is 109 Å². The van der Waals surface area contributed by atoms with Crippen LogP contribution in [0, 0.1) is 0 Å². The molecule has 0 unspecified atom stereocenters. The van der Waals surface area contributed by atoms with Crippen LogP contribution in [0.4, 0.5) is 23.1 Å². The van der Waals surface area contributed by atoms with Crippen molar-refractivity contribution in [3.8, 4) is 34.0 Å². The number of likely N-dealkylation sites (N-methyl/N-ethyl adjacent to an activating group) is 4. The molecule has 0 aliphatic carbocycles. The average Bonchev–Trinajstić information content (AvgIpc) is 1.11. The first kappa shape index (κ1) is 63.0. The van der Waals surface area contributed by atoms with Crippen molar-refractivity contribution in [2.24, 2.45) is 0 Å². The predicted molar refractivity (Wildman–Crippen MR) is 348 cm³/mol. The third-order valence-corrected chi connectivity index (χ3v) is 16.3. The summed E-state index contributed by atoms with van der Waals surface area (Å²) in [5.74, 6) is 3.10. The van der Waals surface area contributed by atoms with E-state index in [0.717, 1.165) is 167 Å². The Morgan fingerprint density at radius 2 is 0.814 bits per heavy atom. The highest BCUT2D eigenvalue weighted by Gasteiger charge is 2.23. The van der Waals surface area contributed by atoms with Gasteiger partial charge < -0.3 is 46.0 Å². The number of nitrogens with two attached hydrogens (primary N) is 1. The van der Waals surface area contributed by atoms with Crippen LogP contribution in [0.2, 0.25) is 0 Å². The molecule has 21 nitrogen and oxygen atoms in total. The summed E-state index contributed by atoms with van der Waals surface area (Å²) in [6, 6.07) is 38.8. The molecule has 0 bridgehead atoms. The summed E-state index contributed by atoms with van der Waals surface area (Å²) in [6.45, 7) is 25.9. The van der Waals surface area contributed by atoms with E-state index in [1.165, 1.54) is 0 Å². The zero-order valence-corrected chi connectivity index (χ0v) is 51.3. The molecule has 0 saturated carbocycles. The van der Waals surface area contributed by atoms with Gasteiger partial charge in [0.25, 0.3) is 5.56 Å². The minimum atomic E-state index is -0.256. The number of hydrogen-bond acceptors (Lipinski definition) is 20. The number of nitrogen functional groups attached to an aromatic ring is 1. The fraction of sp³-hybridized carbons (Fsp3) is 0.462. The van der Waals surface area contributed by atoms with Gasteiger partial charge in [0, 0.05) is 174 Å². The third kappa shape index (κ3) is 18.3. The van der Waals surface area contributed by atoms with Crippen molar-refractivity contribution < 1.29 is 9.53 Å². The molecule has 0 atom stereocenters. The molecule has 4 aromatic carbocycles. The Kier molecular flexibility index (Phi) is 23.7. The summed E-state index contributed by atoms with van der Waals surface area (Å²) in [5, 5.41) is 10.6. The summed E-state index contributed by atoms with van der Waals surface area (Å²) in [4.78, 5) is 68.9. The molecule has 4 aliphatic rings. The van der Waals surface area contributed by atoms with E-state index in [0.29, 0.717) is 70.4 Å². The summed E-state index contributed by atoms with van der Waals surface area (Å²) < 4.78 is 6.61. The highest BCUT2D eigenvalue weighted by atomic mass is 16.5. The number of aromatic nitrogens is 6. The van der Waals surface area contributed by atoms with E-state index < -0.39 is 0 Å². The van der Waals surface area contributed by atoms with Gasteiger partial charge in [-0.05, 0) is 47.2 Å². The number of esters is 1. The standard InChI is InChI=1S/C32H41N9O.C24H39N9.C9H10O2/c1-37-15-19-39(20-16-37)14-13-33-30-28-31(36-29(35-30)26-11-7-4-8-12-26)41(24-23-40-21-17-38(2)18-22-40)32(42)27(34-28)25-9-5-3-6-10-25;1-30-12-16-32(17-13-30)10-8-26-23-21(25)24(27-9-11-33-18-14-31(2)15-19-33)29-22(28-23)20-6-4-3-5-7-20;1-2-11-9(10)8-6-4-3-5-7-8/h3-12H,13-24H2,1-2H3,(H,33,35,36);3-7H,8-19,25H2,1-2H3,(H2,26,27,28,29);3-7H,2H2,1H3. The topological polar surface area (TPSA) is 201 Å². The molecular formula is C65H90N18O3. The maximum Gasteiger partial charge on any atom is 0.338 e. The van der Waals surface area contributed by atoms with Crippen LogP contribution >= 0.6 is 0 Å². The Morgan fingerprint density at radius 1 is 0.453 bits per heavy atom. The highest BCUT2D eigenvalue weighted by Crippen LogP contribution is 2.29. The molecule has 3 aromatic heterocycles. The molecule has 5 N–H and O–H groups in total. The van der Waals surface area contributed by atoms with Crippen molar-refractivity contribution in [3.05, 3.63) is 137 Å². The molecule has 86 heavy (non-hydrogen) atoms. The number of nitrogens with one attached hydrogen (secondary N) is 3. The molecule has 11 rings (SSSR count). The SMILES string of the molecule is CCOC(=O)c1ccccc1.CN1CCN(CCNc2nc(-c3ccccc3)nc(NCCN3CCN(C)CC3)c2N)CC1.CN1CCN(CCNc2nc(-c3ccccc3)nc3c2nc(-c2ccccc2)c(=O)n3CCN2CCN(C)CC2)CC1. The fourth-order valence-electron chi connectivity index (χ4n) is 10.7. The summed E-state index contributed by atoms with van der Waals surface area (Å²) >= 11 is 0. The van der Waals surface area contributed by atoms with E-state index in [-0.39, 0.29) is 11.5 Å². The lowest BCUT2D eigenvalue weighted by Crippen LogP contribution is -2.46. The van der Waals surface area contributed by atoms with Crippen LogP contribution in [0.25, 0.3) is 45.2 Å². The van der Waals surface area contributed by atoms with Crippen molar-refractivity contribution in [2.75, 3.05) is 207 Å². The number of benzene rings is 4. The normalized spacial score (nSPS) is 17.0. The van der Waals surface area contributed by atoms with Gasteiger partial charge in [-0.3, -0.25) is 29.0 Å². The van der Waals surface area contributed by atoms with E-state index in [2.05, 4.69) is 83.3 Å². The van der Waals surface area contributed by atoms with Crippen molar-refractivity contribution >= 4 is 40.3 Å². The number of anilines is 4. The lowest BCUT2D eigenvalue weighted by atomic mass is 10.1. The zero-order chi connectivity index (χ0) is 60.0. The van der Waals surface area contributed by atoms with E-state index >= 15 is 0 Å². The van der Waals surface area contributed by atoms with Crippen molar-refractivity contribution in [1.82, 2.24) is 68.7 Å². The largest absolute Gasteiger partial charge is 0.462 e. The minimum Gasteiger partial charge on any atom is -0.462 e. The smallest absolute Gasteiger partial charge is 0.338 e. The number of fused-ring (bicyclic) bond motifs is 1. The molecule has 4 saturated heterocycles. The summed E-state index contributed by atoms with van der Waals surface area (Å²) in [7, 11) is 8.69. The molecule has 0 spiro atoms. The van der Waals surface area contributed by atoms with Crippen LogP contribution in [0.5, 0.6) is 0 Å². The molecular weight excluding hydrogens is 1080 g/mol. The molecule has 0 radical (unpaired) electrons. The minimum absolute atomic E-state index is 0.121. The van der Waals surface area contributed by atoms with Gasteiger partial charge in [0.05, 0.1) is 12.2 Å². The maximum atomic E-state index is 14.1. The van der Waals surface area contributed by atoms with Gasteiger partial charge in [0.2, 0.25) is 0 Å². The Morgan fingerprint density at radius 3 is 1.23 bits per heavy atom. The molecule has 7 heterocycles. The third-order valence-electron chi connectivity index (χ3n) is 16.3. The van der Waals surface area contributed by atoms with E-state index in [1.807, 2.05) is 114 Å². The van der Waals surface area contributed by atoms with Gasteiger partial charge in [0.15, 0.2) is 34.7 Å². The lowest BCUT2D eigenvalue weighted by molar-refractivity contribution is 0.0526. The van der Waals surface area contributed by atoms with Crippen LogP contribution in [0.3, 0.4) is 0 Å².